The Morgan fingerprint density at radius 2 is 1.83 bits per heavy atom. The molecule has 0 aromatic heterocycles. The zero-order valence-electron chi connectivity index (χ0n) is 13.8. The molecule has 4 nitrogen and oxygen atoms in total. The Kier molecular flexibility index (Phi) is 6.75. The molecule has 0 bridgehead atoms. The van der Waals surface area contributed by atoms with Crippen molar-refractivity contribution < 1.29 is 13.9 Å². The number of nitrogens with one attached hydrogen (secondary N) is 1. The van der Waals surface area contributed by atoms with Gasteiger partial charge in [-0.1, -0.05) is 24.3 Å². The van der Waals surface area contributed by atoms with Crippen LogP contribution in [0.5, 0.6) is 5.75 Å². The molecule has 0 aliphatic rings. The van der Waals surface area contributed by atoms with Gasteiger partial charge in [-0.05, 0) is 54.8 Å². The van der Waals surface area contributed by atoms with E-state index in [0.29, 0.717) is 25.8 Å². The number of ether oxygens (including phenoxy) is 1. The van der Waals surface area contributed by atoms with E-state index in [0.717, 1.165) is 16.9 Å². The molecule has 128 valence electrons. The lowest BCUT2D eigenvalue weighted by atomic mass is 9.98. The second-order valence-corrected chi connectivity index (χ2v) is 5.62. The van der Waals surface area contributed by atoms with Crippen LogP contribution in [0.4, 0.5) is 4.39 Å². The first-order chi connectivity index (χ1) is 11.6. The normalized spacial score (nSPS) is 11.8. The summed E-state index contributed by atoms with van der Waals surface area (Å²) in [5.74, 6) is 0.448. The summed E-state index contributed by atoms with van der Waals surface area (Å²) in [6, 6.07) is 13.7. The molecule has 0 radical (unpaired) electrons. The van der Waals surface area contributed by atoms with Crippen LogP contribution in [-0.4, -0.2) is 19.6 Å². The van der Waals surface area contributed by atoms with Crippen molar-refractivity contribution in [2.75, 3.05) is 13.7 Å². The molecule has 2 rings (SSSR count). The zero-order valence-corrected chi connectivity index (χ0v) is 13.8. The van der Waals surface area contributed by atoms with Crippen LogP contribution >= 0.6 is 0 Å². The molecule has 5 heteroatoms. The topological polar surface area (TPSA) is 64.3 Å². The number of methoxy groups -OCH3 is 1. The Bertz CT molecular complexity index is 641. The standard InChI is InChI=1S/C19H23FN2O2/c1-24-17-10-6-15(7-11-17)18(22-19(23)3-2-12-21)13-14-4-8-16(20)9-5-14/h4-11,18H,2-3,12-13,21H2,1H3,(H,22,23). The maximum absolute atomic E-state index is 13.1. The molecular weight excluding hydrogens is 307 g/mol. The SMILES string of the molecule is COc1ccc(C(Cc2ccc(F)cc2)NC(=O)CCCN)cc1. The number of carbonyl (C=O) groups excluding carboxylic acids is 1. The van der Waals surface area contributed by atoms with Gasteiger partial charge in [0.05, 0.1) is 13.2 Å². The van der Waals surface area contributed by atoms with Gasteiger partial charge in [0.2, 0.25) is 5.91 Å². The molecule has 2 aromatic rings. The number of amides is 1. The van der Waals surface area contributed by atoms with Gasteiger partial charge in [0.25, 0.3) is 0 Å². The quantitative estimate of drug-likeness (QED) is 0.782. The van der Waals surface area contributed by atoms with Gasteiger partial charge in [0.1, 0.15) is 11.6 Å². The van der Waals surface area contributed by atoms with E-state index in [1.165, 1.54) is 12.1 Å². The first-order valence-corrected chi connectivity index (χ1v) is 8.00. The minimum absolute atomic E-state index is 0.0385. The van der Waals surface area contributed by atoms with E-state index in [4.69, 9.17) is 10.5 Å². The lowest BCUT2D eigenvalue weighted by Crippen LogP contribution is -2.30. The molecule has 2 aromatic carbocycles. The fourth-order valence-corrected chi connectivity index (χ4v) is 2.47. The number of carbonyl (C=O) groups is 1. The number of hydrogen-bond acceptors (Lipinski definition) is 3. The minimum atomic E-state index is -0.272. The average molecular weight is 330 g/mol. The molecule has 3 N–H and O–H groups in total. The third-order valence-electron chi connectivity index (χ3n) is 3.81. The summed E-state index contributed by atoms with van der Waals surface area (Å²) in [5.41, 5.74) is 7.39. The Morgan fingerprint density at radius 3 is 2.42 bits per heavy atom. The van der Waals surface area contributed by atoms with Gasteiger partial charge in [0, 0.05) is 6.42 Å². The molecule has 0 fully saturated rings. The van der Waals surface area contributed by atoms with Crippen LogP contribution < -0.4 is 15.8 Å². The first-order valence-electron chi connectivity index (χ1n) is 8.00. The molecule has 0 saturated carbocycles. The maximum Gasteiger partial charge on any atom is 0.220 e. The van der Waals surface area contributed by atoms with Crippen LogP contribution in [0, 0.1) is 5.82 Å². The molecule has 0 heterocycles. The fourth-order valence-electron chi connectivity index (χ4n) is 2.47. The third-order valence-corrected chi connectivity index (χ3v) is 3.81. The van der Waals surface area contributed by atoms with E-state index in [1.54, 1.807) is 19.2 Å². The smallest absolute Gasteiger partial charge is 0.220 e. The summed E-state index contributed by atoms with van der Waals surface area (Å²) in [5, 5.41) is 3.04. The third kappa shape index (κ3) is 5.35. The van der Waals surface area contributed by atoms with Gasteiger partial charge >= 0.3 is 0 Å². The van der Waals surface area contributed by atoms with Crippen molar-refractivity contribution in [3.05, 3.63) is 65.5 Å². The Labute approximate surface area is 141 Å². The van der Waals surface area contributed by atoms with Crippen LogP contribution in [0.15, 0.2) is 48.5 Å². The monoisotopic (exact) mass is 330 g/mol. The maximum atomic E-state index is 13.1. The molecule has 1 amide bonds. The number of halogens is 1. The molecule has 24 heavy (non-hydrogen) atoms. The van der Waals surface area contributed by atoms with Crippen molar-refractivity contribution in [2.45, 2.75) is 25.3 Å². The predicted molar refractivity (Wildman–Crippen MR) is 92.3 cm³/mol. The summed E-state index contributed by atoms with van der Waals surface area (Å²) in [7, 11) is 1.61. The second kappa shape index (κ2) is 9.03. The summed E-state index contributed by atoms with van der Waals surface area (Å²) in [6.07, 6.45) is 1.63. The lowest BCUT2D eigenvalue weighted by Gasteiger charge is -2.20. The number of rotatable bonds is 8. The van der Waals surface area contributed by atoms with Crippen molar-refractivity contribution in [3.8, 4) is 5.75 Å². The Morgan fingerprint density at radius 1 is 1.17 bits per heavy atom. The highest BCUT2D eigenvalue weighted by Gasteiger charge is 2.15. The zero-order chi connectivity index (χ0) is 17.4. The van der Waals surface area contributed by atoms with Crippen LogP contribution in [-0.2, 0) is 11.2 Å². The minimum Gasteiger partial charge on any atom is -0.497 e. The highest BCUT2D eigenvalue weighted by atomic mass is 19.1. The Hall–Kier alpha value is -2.40. The molecular formula is C19H23FN2O2. The molecule has 0 spiro atoms. The second-order valence-electron chi connectivity index (χ2n) is 5.62. The van der Waals surface area contributed by atoms with Gasteiger partial charge in [0.15, 0.2) is 0 Å². The molecule has 0 aliphatic carbocycles. The highest BCUT2D eigenvalue weighted by molar-refractivity contribution is 5.76. The number of nitrogens with two attached hydrogens (primary N) is 1. The van der Waals surface area contributed by atoms with Crippen LogP contribution in [0.2, 0.25) is 0 Å². The molecule has 0 aliphatic heterocycles. The van der Waals surface area contributed by atoms with Gasteiger partial charge in [-0.15, -0.1) is 0 Å². The van der Waals surface area contributed by atoms with Crippen molar-refractivity contribution >= 4 is 5.91 Å². The van der Waals surface area contributed by atoms with Gasteiger partial charge in [-0.3, -0.25) is 4.79 Å². The van der Waals surface area contributed by atoms with Gasteiger partial charge < -0.3 is 15.8 Å². The number of hydrogen-bond donors (Lipinski definition) is 2. The first kappa shape index (κ1) is 17.9. The molecule has 0 saturated heterocycles. The van der Waals surface area contributed by atoms with Crippen LogP contribution in [0.25, 0.3) is 0 Å². The van der Waals surface area contributed by atoms with Crippen molar-refractivity contribution in [2.24, 2.45) is 5.73 Å². The van der Waals surface area contributed by atoms with E-state index in [9.17, 15) is 9.18 Å². The average Bonchev–Trinajstić information content (AvgIpc) is 2.61. The van der Waals surface area contributed by atoms with Gasteiger partial charge in [-0.2, -0.15) is 0 Å². The summed E-state index contributed by atoms with van der Waals surface area (Å²) < 4.78 is 18.3. The van der Waals surface area contributed by atoms with Crippen molar-refractivity contribution in [1.82, 2.24) is 5.32 Å². The van der Waals surface area contributed by atoms with E-state index in [1.807, 2.05) is 24.3 Å². The Balaban J connectivity index is 2.15. The van der Waals surface area contributed by atoms with E-state index in [2.05, 4.69) is 5.32 Å². The summed E-state index contributed by atoms with van der Waals surface area (Å²) in [6.45, 7) is 0.485. The number of benzene rings is 2. The lowest BCUT2D eigenvalue weighted by molar-refractivity contribution is -0.121. The molecule has 1 unspecified atom stereocenters. The van der Waals surface area contributed by atoms with E-state index < -0.39 is 0 Å². The van der Waals surface area contributed by atoms with Crippen LogP contribution in [0.1, 0.15) is 30.0 Å². The molecule has 1 atom stereocenters. The van der Waals surface area contributed by atoms with Crippen molar-refractivity contribution in [1.29, 1.82) is 0 Å². The van der Waals surface area contributed by atoms with Crippen LogP contribution in [0.3, 0.4) is 0 Å². The summed E-state index contributed by atoms with van der Waals surface area (Å²) in [4.78, 5) is 12.1. The van der Waals surface area contributed by atoms with E-state index >= 15 is 0 Å². The fraction of sp³-hybridized carbons (Fsp3) is 0.316. The van der Waals surface area contributed by atoms with Crippen molar-refractivity contribution in [3.63, 3.8) is 0 Å². The predicted octanol–water partition coefficient (Wildman–Crippen LogP) is 2.97. The van der Waals surface area contributed by atoms with E-state index in [-0.39, 0.29) is 17.8 Å². The highest BCUT2D eigenvalue weighted by Crippen LogP contribution is 2.22. The largest absolute Gasteiger partial charge is 0.497 e. The van der Waals surface area contributed by atoms with Gasteiger partial charge in [-0.25, -0.2) is 4.39 Å². The summed E-state index contributed by atoms with van der Waals surface area (Å²) >= 11 is 0.